The molecule has 3 rings (SSSR count). The van der Waals surface area contributed by atoms with Gasteiger partial charge in [0.2, 0.25) is 0 Å². The Morgan fingerprint density at radius 2 is 2.29 bits per heavy atom. The Kier molecular flexibility index (Phi) is 3.88. The Morgan fingerprint density at radius 1 is 1.43 bits per heavy atom. The Morgan fingerprint density at radius 3 is 3.05 bits per heavy atom. The molecular formula is C15H16FNO4. The maximum absolute atomic E-state index is 13.1. The van der Waals surface area contributed by atoms with Crippen LogP contribution >= 0.6 is 0 Å². The van der Waals surface area contributed by atoms with Crippen molar-refractivity contribution >= 4 is 11.7 Å². The third kappa shape index (κ3) is 3.05. The number of hydrogen-bond donors (Lipinski definition) is 1. The van der Waals surface area contributed by atoms with E-state index in [9.17, 15) is 14.0 Å². The number of carbonyl (C=O) groups is 2. The zero-order valence-corrected chi connectivity index (χ0v) is 11.4. The monoisotopic (exact) mass is 293 g/mol. The predicted octanol–water partition coefficient (Wildman–Crippen LogP) is 1.45. The second-order valence-corrected chi connectivity index (χ2v) is 5.25. The summed E-state index contributed by atoms with van der Waals surface area (Å²) in [7, 11) is 0. The summed E-state index contributed by atoms with van der Waals surface area (Å²) in [5, 5.41) is 2.74. The topological polar surface area (TPSA) is 64.6 Å². The van der Waals surface area contributed by atoms with Gasteiger partial charge >= 0.3 is 0 Å². The van der Waals surface area contributed by atoms with Crippen LogP contribution < -0.4 is 10.1 Å². The Hall–Kier alpha value is -1.95. The molecular weight excluding hydrogens is 277 g/mol. The molecule has 1 saturated heterocycles. The van der Waals surface area contributed by atoms with Gasteiger partial charge in [0.25, 0.3) is 5.91 Å². The van der Waals surface area contributed by atoms with Crippen LogP contribution in [0.25, 0.3) is 0 Å². The van der Waals surface area contributed by atoms with Crippen LogP contribution in [0.15, 0.2) is 18.2 Å². The summed E-state index contributed by atoms with van der Waals surface area (Å²) in [4.78, 5) is 24.0. The first-order valence-corrected chi connectivity index (χ1v) is 7.02. The molecule has 1 fully saturated rings. The highest BCUT2D eigenvalue weighted by molar-refractivity contribution is 6.03. The summed E-state index contributed by atoms with van der Waals surface area (Å²) < 4.78 is 24.0. The fourth-order valence-corrected chi connectivity index (χ4v) is 2.58. The van der Waals surface area contributed by atoms with Crippen molar-refractivity contribution in [1.29, 1.82) is 0 Å². The van der Waals surface area contributed by atoms with Gasteiger partial charge < -0.3 is 14.8 Å². The van der Waals surface area contributed by atoms with Crippen molar-refractivity contribution < 1.29 is 23.5 Å². The SMILES string of the molecule is O=C1C[C@H](C(=O)NC[C@H]2CCCO2)Oc2ccc(F)cc21. The van der Waals surface area contributed by atoms with Crippen LogP contribution in [0.1, 0.15) is 29.6 Å². The lowest BCUT2D eigenvalue weighted by molar-refractivity contribution is -0.128. The van der Waals surface area contributed by atoms with Crippen LogP contribution in [0.5, 0.6) is 5.75 Å². The molecule has 0 bridgehead atoms. The zero-order valence-electron chi connectivity index (χ0n) is 11.4. The molecule has 0 spiro atoms. The van der Waals surface area contributed by atoms with Gasteiger partial charge in [-0.3, -0.25) is 9.59 Å². The van der Waals surface area contributed by atoms with Crippen molar-refractivity contribution in [2.45, 2.75) is 31.5 Å². The number of carbonyl (C=O) groups excluding carboxylic acids is 2. The quantitative estimate of drug-likeness (QED) is 0.916. The van der Waals surface area contributed by atoms with Gasteiger partial charge in [-0.25, -0.2) is 4.39 Å². The van der Waals surface area contributed by atoms with Crippen LogP contribution in [0.4, 0.5) is 4.39 Å². The van der Waals surface area contributed by atoms with E-state index < -0.39 is 11.9 Å². The summed E-state index contributed by atoms with van der Waals surface area (Å²) in [5.41, 5.74) is 0.193. The zero-order chi connectivity index (χ0) is 14.8. The molecule has 1 N–H and O–H groups in total. The second-order valence-electron chi connectivity index (χ2n) is 5.25. The van der Waals surface area contributed by atoms with E-state index in [-0.39, 0.29) is 35.5 Å². The minimum atomic E-state index is -0.864. The molecule has 1 aromatic rings. The summed E-state index contributed by atoms with van der Waals surface area (Å²) in [6.45, 7) is 1.14. The summed E-state index contributed by atoms with van der Waals surface area (Å²) in [6.07, 6.45) is 1.02. The van der Waals surface area contributed by atoms with Gasteiger partial charge in [0.1, 0.15) is 11.6 Å². The van der Waals surface area contributed by atoms with Crippen molar-refractivity contribution in [3.8, 4) is 5.75 Å². The van der Waals surface area contributed by atoms with Crippen LogP contribution in [-0.4, -0.2) is 37.0 Å². The number of ether oxygens (including phenoxy) is 2. The number of ketones is 1. The van der Waals surface area contributed by atoms with Crippen LogP contribution in [0.3, 0.4) is 0 Å². The number of benzene rings is 1. The van der Waals surface area contributed by atoms with E-state index in [1.165, 1.54) is 12.1 Å². The molecule has 2 atom stereocenters. The Bertz CT molecular complexity index is 569. The molecule has 1 aromatic carbocycles. The van der Waals surface area contributed by atoms with E-state index >= 15 is 0 Å². The molecule has 0 aliphatic carbocycles. The van der Waals surface area contributed by atoms with Crippen molar-refractivity contribution in [2.24, 2.45) is 0 Å². The number of nitrogens with one attached hydrogen (secondary N) is 1. The lowest BCUT2D eigenvalue weighted by Crippen LogP contribution is -2.44. The molecule has 6 heteroatoms. The normalized spacial score (nSPS) is 24.3. The summed E-state index contributed by atoms with van der Waals surface area (Å²) in [5.74, 6) is -0.862. The smallest absolute Gasteiger partial charge is 0.261 e. The highest BCUT2D eigenvalue weighted by Crippen LogP contribution is 2.28. The number of hydrogen-bond acceptors (Lipinski definition) is 4. The third-order valence-corrected chi connectivity index (χ3v) is 3.70. The molecule has 0 aromatic heterocycles. The third-order valence-electron chi connectivity index (χ3n) is 3.70. The largest absolute Gasteiger partial charge is 0.479 e. The van der Waals surface area contributed by atoms with Gasteiger partial charge in [0, 0.05) is 13.2 Å². The summed E-state index contributed by atoms with van der Waals surface area (Å²) in [6, 6.07) is 3.72. The number of fused-ring (bicyclic) bond motifs is 1. The number of amides is 1. The predicted molar refractivity (Wildman–Crippen MR) is 71.7 cm³/mol. The molecule has 112 valence electrons. The molecule has 1 amide bonds. The van der Waals surface area contributed by atoms with Gasteiger partial charge in [-0.1, -0.05) is 0 Å². The van der Waals surface area contributed by atoms with E-state index in [1.807, 2.05) is 0 Å². The molecule has 0 radical (unpaired) electrons. The van der Waals surface area contributed by atoms with Gasteiger partial charge in [-0.15, -0.1) is 0 Å². The van der Waals surface area contributed by atoms with Crippen LogP contribution in [0, 0.1) is 5.82 Å². The van der Waals surface area contributed by atoms with Crippen molar-refractivity contribution in [2.75, 3.05) is 13.2 Å². The first-order valence-electron chi connectivity index (χ1n) is 7.02. The Labute approximate surface area is 121 Å². The Balaban J connectivity index is 1.63. The van der Waals surface area contributed by atoms with E-state index in [2.05, 4.69) is 5.32 Å². The molecule has 2 aliphatic rings. The number of Topliss-reactive ketones (excluding diaryl/α,β-unsaturated/α-hetero) is 1. The minimum absolute atomic E-state index is 0.0367. The standard InChI is InChI=1S/C15H16FNO4/c16-9-3-4-13-11(6-9)12(18)7-14(21-13)15(19)17-8-10-2-1-5-20-10/h3-4,6,10,14H,1-2,5,7-8H2,(H,17,19)/t10-,14-/m1/s1. The fraction of sp³-hybridized carbons (Fsp3) is 0.467. The maximum atomic E-state index is 13.1. The van der Waals surface area contributed by atoms with E-state index in [4.69, 9.17) is 9.47 Å². The molecule has 0 unspecified atom stereocenters. The number of halogens is 1. The fourth-order valence-electron chi connectivity index (χ4n) is 2.58. The first kappa shape index (κ1) is 14.0. The van der Waals surface area contributed by atoms with Gasteiger partial charge in [0.15, 0.2) is 11.9 Å². The summed E-state index contributed by atoms with van der Waals surface area (Å²) >= 11 is 0. The minimum Gasteiger partial charge on any atom is -0.479 e. The van der Waals surface area contributed by atoms with E-state index in [0.29, 0.717) is 6.54 Å². The van der Waals surface area contributed by atoms with Crippen molar-refractivity contribution in [1.82, 2.24) is 5.32 Å². The highest BCUT2D eigenvalue weighted by Gasteiger charge is 2.32. The molecule has 21 heavy (non-hydrogen) atoms. The maximum Gasteiger partial charge on any atom is 0.261 e. The van der Waals surface area contributed by atoms with Crippen LogP contribution in [-0.2, 0) is 9.53 Å². The van der Waals surface area contributed by atoms with E-state index in [1.54, 1.807) is 0 Å². The van der Waals surface area contributed by atoms with E-state index in [0.717, 1.165) is 25.5 Å². The van der Waals surface area contributed by atoms with Crippen molar-refractivity contribution in [3.05, 3.63) is 29.6 Å². The van der Waals surface area contributed by atoms with Crippen LogP contribution in [0.2, 0.25) is 0 Å². The molecule has 2 heterocycles. The van der Waals surface area contributed by atoms with Gasteiger partial charge in [-0.2, -0.15) is 0 Å². The molecule has 5 nitrogen and oxygen atoms in total. The molecule has 2 aliphatic heterocycles. The van der Waals surface area contributed by atoms with Gasteiger partial charge in [-0.05, 0) is 31.0 Å². The lowest BCUT2D eigenvalue weighted by Gasteiger charge is -2.24. The first-order chi connectivity index (χ1) is 10.1. The molecule has 0 saturated carbocycles. The average Bonchev–Trinajstić information content (AvgIpc) is 2.98. The van der Waals surface area contributed by atoms with Crippen molar-refractivity contribution in [3.63, 3.8) is 0 Å². The highest BCUT2D eigenvalue weighted by atomic mass is 19.1. The lowest BCUT2D eigenvalue weighted by atomic mass is 10.00. The second kappa shape index (κ2) is 5.81. The average molecular weight is 293 g/mol. The van der Waals surface area contributed by atoms with Gasteiger partial charge in [0.05, 0.1) is 18.1 Å². The number of rotatable bonds is 3.